The van der Waals surface area contributed by atoms with Crippen LogP contribution in [0.25, 0.3) is 55.3 Å². The van der Waals surface area contributed by atoms with Crippen LogP contribution in [-0.4, -0.2) is 6.57 Å². The predicted octanol–water partition coefficient (Wildman–Crippen LogP) is 8.07. The molecule has 0 spiro atoms. The van der Waals surface area contributed by atoms with E-state index in [1.54, 1.807) is 0 Å². The van der Waals surface area contributed by atoms with Crippen molar-refractivity contribution in [1.82, 2.24) is 0 Å². The third-order valence-corrected chi connectivity index (χ3v) is 12.7. The molecule has 0 N–H and O–H groups in total. The molecule has 5 heteroatoms. The van der Waals surface area contributed by atoms with Crippen molar-refractivity contribution in [3.05, 3.63) is 127 Å². The molecule has 0 amide bonds. The summed E-state index contributed by atoms with van der Waals surface area (Å²) in [7, 11) is -2.98. The fourth-order valence-electron chi connectivity index (χ4n) is 7.56. The molecular formula is C36H21BNO2P. The smallest absolute Gasteiger partial charge is 0.377 e. The Labute approximate surface area is 237 Å². The number of fused-ring (bicyclic) bond motifs is 14. The van der Waals surface area contributed by atoms with Crippen molar-refractivity contribution in [2.45, 2.75) is 0 Å². The molecule has 3 nitrogen and oxygen atoms in total. The SMILES string of the molecule is O=P12B3c4ccc(-c5ccc6oc7ccccc7c6c5)cc4-c4ccccc4N3c3cccc(c31)-c1ccccc12. The molecule has 0 aliphatic carbocycles. The van der Waals surface area contributed by atoms with Gasteiger partial charge in [-0.15, -0.1) is 0 Å². The van der Waals surface area contributed by atoms with Crippen molar-refractivity contribution < 1.29 is 8.98 Å². The largest absolute Gasteiger partial charge is 0.456 e. The molecule has 0 fully saturated rings. The first-order valence-electron chi connectivity index (χ1n) is 14.0. The average molecular weight is 541 g/mol. The van der Waals surface area contributed by atoms with Gasteiger partial charge in [0.25, 0.3) is 0 Å². The molecular weight excluding hydrogens is 520 g/mol. The zero-order chi connectivity index (χ0) is 26.9. The highest BCUT2D eigenvalue weighted by Gasteiger charge is 2.60. The van der Waals surface area contributed by atoms with Crippen LogP contribution in [0.3, 0.4) is 0 Å². The quantitative estimate of drug-likeness (QED) is 0.156. The Bertz CT molecular complexity index is 2340. The molecule has 7 aromatic rings. The van der Waals surface area contributed by atoms with Crippen LogP contribution < -0.4 is 20.9 Å². The van der Waals surface area contributed by atoms with Crippen LogP contribution in [0, 0.1) is 0 Å². The van der Waals surface area contributed by atoms with Gasteiger partial charge in [-0.3, -0.25) is 0 Å². The molecule has 0 radical (unpaired) electrons. The lowest BCUT2D eigenvalue weighted by atomic mass is 9.68. The summed E-state index contributed by atoms with van der Waals surface area (Å²) in [5.74, 6) is 0. The van der Waals surface area contributed by atoms with Crippen LogP contribution in [0.1, 0.15) is 0 Å². The first-order chi connectivity index (χ1) is 20.2. The van der Waals surface area contributed by atoms with E-state index < -0.39 is 7.02 Å². The summed E-state index contributed by atoms with van der Waals surface area (Å²) in [6.45, 7) is -0.262. The van der Waals surface area contributed by atoms with Crippen LogP contribution in [0.5, 0.6) is 0 Å². The van der Waals surface area contributed by atoms with Gasteiger partial charge in [-0.1, -0.05) is 91.0 Å². The lowest BCUT2D eigenvalue weighted by Crippen LogP contribution is -2.48. The van der Waals surface area contributed by atoms with Crippen molar-refractivity contribution in [3.63, 3.8) is 0 Å². The van der Waals surface area contributed by atoms with E-state index in [-0.39, 0.29) is 6.57 Å². The van der Waals surface area contributed by atoms with Crippen molar-refractivity contribution in [2.75, 3.05) is 4.81 Å². The second kappa shape index (κ2) is 7.48. The number of anilines is 2. The number of hydrogen-bond acceptors (Lipinski definition) is 3. The molecule has 6 aromatic carbocycles. The second-order valence-electron chi connectivity index (χ2n) is 11.2. The molecule has 190 valence electrons. The summed E-state index contributed by atoms with van der Waals surface area (Å²) < 4.78 is 21.7. The summed E-state index contributed by atoms with van der Waals surface area (Å²) >= 11 is 0. The zero-order valence-electron chi connectivity index (χ0n) is 21.9. The van der Waals surface area contributed by atoms with Gasteiger partial charge in [-0.05, 0) is 69.7 Å². The number of nitrogens with zero attached hydrogens (tertiary/aromatic N) is 1. The summed E-state index contributed by atoms with van der Waals surface area (Å²) in [6.07, 6.45) is 0. The van der Waals surface area contributed by atoms with E-state index in [9.17, 15) is 0 Å². The van der Waals surface area contributed by atoms with Crippen LogP contribution in [0.4, 0.5) is 11.4 Å². The zero-order valence-corrected chi connectivity index (χ0v) is 22.8. The van der Waals surface area contributed by atoms with Crippen LogP contribution in [-0.2, 0) is 4.57 Å². The highest BCUT2D eigenvalue weighted by atomic mass is 31.2. The van der Waals surface area contributed by atoms with E-state index in [0.717, 1.165) is 77.2 Å². The molecule has 0 bridgehead atoms. The van der Waals surface area contributed by atoms with E-state index in [2.05, 4.69) is 114 Å². The van der Waals surface area contributed by atoms with Gasteiger partial charge in [-0.2, -0.15) is 0 Å². The molecule has 3 aliphatic rings. The Balaban J connectivity index is 1.23. The number of para-hydroxylation sites is 2. The van der Waals surface area contributed by atoms with Crippen molar-refractivity contribution in [1.29, 1.82) is 0 Å². The van der Waals surface area contributed by atoms with E-state index in [4.69, 9.17) is 4.42 Å². The van der Waals surface area contributed by atoms with Gasteiger partial charge in [0.05, 0.1) is 0 Å². The molecule has 1 atom stereocenters. The monoisotopic (exact) mass is 541 g/mol. The number of benzene rings is 6. The maximum Gasteiger partial charge on any atom is 0.377 e. The lowest BCUT2D eigenvalue weighted by Gasteiger charge is -2.36. The van der Waals surface area contributed by atoms with Crippen LogP contribution in [0.2, 0.25) is 0 Å². The summed E-state index contributed by atoms with van der Waals surface area (Å²) in [5.41, 5.74) is 12.0. The van der Waals surface area contributed by atoms with E-state index in [0.29, 0.717) is 0 Å². The first kappa shape index (κ1) is 22.0. The normalized spacial score (nSPS) is 17.4. The second-order valence-corrected chi connectivity index (χ2v) is 14.0. The maximum absolute atomic E-state index is 15.6. The standard InChI is InChI=1S/C36H21BNO2P/c39-41-35-15-6-3-10-26(35)27-11-7-13-32(36(27)41)38-31-12-4-1-8-24(31)28-20-22(16-18-30(28)37(38)41)23-17-19-34-29(21-23)25-9-2-5-14-33(25)40-34/h1-21H. The Kier molecular flexibility index (Phi) is 4.01. The van der Waals surface area contributed by atoms with Gasteiger partial charge in [0.1, 0.15) is 18.2 Å². The molecule has 10 rings (SSSR count). The molecule has 41 heavy (non-hydrogen) atoms. The van der Waals surface area contributed by atoms with E-state index >= 15 is 4.57 Å². The molecule has 1 aromatic heterocycles. The minimum atomic E-state index is -2.98. The Morgan fingerprint density at radius 3 is 2.22 bits per heavy atom. The lowest BCUT2D eigenvalue weighted by molar-refractivity contribution is 0.595. The van der Waals surface area contributed by atoms with Gasteiger partial charge in [-0.25, -0.2) is 0 Å². The Hall–Kier alpha value is -4.79. The minimum Gasteiger partial charge on any atom is -0.456 e. The van der Waals surface area contributed by atoms with Gasteiger partial charge >= 0.3 is 6.57 Å². The third-order valence-electron chi connectivity index (χ3n) is 9.24. The number of furan rings is 1. The summed E-state index contributed by atoms with van der Waals surface area (Å²) in [5, 5.41) is 4.26. The van der Waals surface area contributed by atoms with Gasteiger partial charge in [0.15, 0.2) is 0 Å². The number of rotatable bonds is 1. The molecule has 3 aliphatic heterocycles. The third kappa shape index (κ3) is 2.60. The predicted molar refractivity (Wildman–Crippen MR) is 171 cm³/mol. The topological polar surface area (TPSA) is 33.5 Å². The van der Waals surface area contributed by atoms with Crippen molar-refractivity contribution >= 4 is 63.0 Å². The maximum atomic E-state index is 15.6. The van der Waals surface area contributed by atoms with Gasteiger partial charge in [0.2, 0.25) is 0 Å². The molecule has 4 heterocycles. The highest BCUT2D eigenvalue weighted by Crippen LogP contribution is 2.65. The number of hydrogen-bond donors (Lipinski definition) is 0. The van der Waals surface area contributed by atoms with Crippen LogP contribution in [0.15, 0.2) is 132 Å². The van der Waals surface area contributed by atoms with Crippen LogP contribution >= 0.6 is 7.02 Å². The Morgan fingerprint density at radius 1 is 0.561 bits per heavy atom. The van der Waals surface area contributed by atoms with Crippen molar-refractivity contribution in [3.8, 4) is 33.4 Å². The average Bonchev–Trinajstić information content (AvgIpc) is 3.63. The summed E-state index contributed by atoms with van der Waals surface area (Å²) in [4.78, 5) is 2.36. The van der Waals surface area contributed by atoms with Crippen molar-refractivity contribution in [2.24, 2.45) is 0 Å². The fraction of sp³-hybridized carbons (Fsp3) is 0. The van der Waals surface area contributed by atoms with E-state index in [1.807, 2.05) is 18.2 Å². The summed E-state index contributed by atoms with van der Waals surface area (Å²) in [6, 6.07) is 44.7. The fourth-order valence-corrected chi connectivity index (χ4v) is 11.4. The van der Waals surface area contributed by atoms with Gasteiger partial charge < -0.3 is 13.8 Å². The molecule has 0 saturated heterocycles. The molecule has 1 unspecified atom stereocenters. The Morgan fingerprint density at radius 2 is 1.27 bits per heavy atom. The van der Waals surface area contributed by atoms with Gasteiger partial charge in [0, 0.05) is 38.3 Å². The molecule has 0 saturated carbocycles. The minimum absolute atomic E-state index is 0.262. The highest BCUT2D eigenvalue weighted by molar-refractivity contribution is 8.09. The van der Waals surface area contributed by atoms with E-state index in [1.165, 1.54) is 5.56 Å². The first-order valence-corrected chi connectivity index (χ1v) is 15.8.